The molecule has 1 aromatic carbocycles. The third-order valence-electron chi connectivity index (χ3n) is 5.38. The number of halogens is 3. The van der Waals surface area contributed by atoms with Gasteiger partial charge in [-0.3, -0.25) is 19.1 Å². The number of carbonyl (C=O) groups excluding carboxylic acids is 1. The van der Waals surface area contributed by atoms with Gasteiger partial charge in [-0.1, -0.05) is 6.07 Å². The van der Waals surface area contributed by atoms with Crippen LogP contribution >= 0.6 is 0 Å². The normalized spacial score (nSPS) is 15.5. The molecular formula is C21H19F3N4O2. The summed E-state index contributed by atoms with van der Waals surface area (Å²) >= 11 is 0. The largest absolute Gasteiger partial charge is 0.433 e. The molecule has 0 saturated carbocycles. The molecule has 1 aliphatic rings. The van der Waals surface area contributed by atoms with Crippen molar-refractivity contribution in [3.8, 4) is 0 Å². The lowest BCUT2D eigenvalue weighted by Gasteiger charge is -2.32. The number of pyridine rings is 1. The van der Waals surface area contributed by atoms with E-state index in [1.54, 1.807) is 17.2 Å². The molecule has 6 nitrogen and oxygen atoms in total. The lowest BCUT2D eigenvalue weighted by molar-refractivity contribution is -0.141. The molecule has 0 radical (unpaired) electrons. The monoisotopic (exact) mass is 416 g/mol. The number of piperidine rings is 1. The summed E-state index contributed by atoms with van der Waals surface area (Å²) in [4.78, 5) is 34.2. The van der Waals surface area contributed by atoms with Crippen LogP contribution in [0.4, 0.5) is 13.2 Å². The maximum absolute atomic E-state index is 12.8. The fourth-order valence-electron chi connectivity index (χ4n) is 3.71. The highest BCUT2D eigenvalue weighted by Gasteiger charge is 2.33. The first-order valence-corrected chi connectivity index (χ1v) is 9.59. The molecule has 1 amide bonds. The summed E-state index contributed by atoms with van der Waals surface area (Å²) in [7, 11) is 0. The van der Waals surface area contributed by atoms with Crippen molar-refractivity contribution in [2.45, 2.75) is 25.6 Å². The Bertz CT molecular complexity index is 1130. The standard InChI is InChI=1S/C21H19F3N4O2/c22-21(23,24)18-11-19(29)28(13-26-18)12-14-5-8-27(9-6-14)20(30)16-3-4-17-15(10-16)2-1-7-25-17/h1-4,7,10-11,13-14H,5-6,8-9,12H2. The summed E-state index contributed by atoms with van der Waals surface area (Å²) in [6.07, 6.45) is -0.663. The average molecular weight is 416 g/mol. The number of likely N-dealkylation sites (tertiary alicyclic amines) is 1. The van der Waals surface area contributed by atoms with Gasteiger partial charge in [0.25, 0.3) is 11.5 Å². The summed E-state index contributed by atoms with van der Waals surface area (Å²) in [5.41, 5.74) is -0.490. The molecule has 156 valence electrons. The summed E-state index contributed by atoms with van der Waals surface area (Å²) in [6.45, 7) is 1.34. The van der Waals surface area contributed by atoms with Crippen LogP contribution in [0.25, 0.3) is 10.9 Å². The second-order valence-corrected chi connectivity index (χ2v) is 7.41. The molecule has 4 rings (SSSR count). The van der Waals surface area contributed by atoms with E-state index in [1.165, 1.54) is 4.57 Å². The number of benzene rings is 1. The first kappa shape index (κ1) is 20.1. The zero-order chi connectivity index (χ0) is 21.3. The highest BCUT2D eigenvalue weighted by atomic mass is 19.4. The van der Waals surface area contributed by atoms with Crippen molar-refractivity contribution >= 4 is 16.8 Å². The Labute approximate surface area is 170 Å². The number of hydrogen-bond acceptors (Lipinski definition) is 4. The average Bonchev–Trinajstić information content (AvgIpc) is 2.74. The summed E-state index contributed by atoms with van der Waals surface area (Å²) in [5, 5.41) is 0.896. The number of hydrogen-bond donors (Lipinski definition) is 0. The van der Waals surface area contributed by atoms with Gasteiger partial charge >= 0.3 is 6.18 Å². The van der Waals surface area contributed by atoms with Crippen LogP contribution in [0.5, 0.6) is 0 Å². The van der Waals surface area contributed by atoms with Crippen molar-refractivity contribution in [1.82, 2.24) is 19.4 Å². The van der Waals surface area contributed by atoms with Crippen LogP contribution in [0, 0.1) is 5.92 Å². The van der Waals surface area contributed by atoms with E-state index in [9.17, 15) is 22.8 Å². The molecule has 0 N–H and O–H groups in total. The first-order valence-electron chi connectivity index (χ1n) is 9.59. The van der Waals surface area contributed by atoms with Gasteiger partial charge in [-0.2, -0.15) is 13.2 Å². The van der Waals surface area contributed by atoms with E-state index < -0.39 is 17.4 Å². The Kier molecular flexibility index (Phi) is 5.27. The number of carbonyl (C=O) groups is 1. The Morgan fingerprint density at radius 2 is 1.87 bits per heavy atom. The lowest BCUT2D eigenvalue weighted by Crippen LogP contribution is -2.40. The highest BCUT2D eigenvalue weighted by molar-refractivity contribution is 5.97. The zero-order valence-electron chi connectivity index (χ0n) is 16.0. The number of rotatable bonds is 3. The summed E-state index contributed by atoms with van der Waals surface area (Å²) < 4.78 is 39.2. The minimum Gasteiger partial charge on any atom is -0.339 e. The highest BCUT2D eigenvalue weighted by Crippen LogP contribution is 2.26. The third kappa shape index (κ3) is 4.19. The van der Waals surface area contributed by atoms with Gasteiger partial charge in [-0.05, 0) is 43.0 Å². The molecular weight excluding hydrogens is 397 g/mol. The molecule has 1 fully saturated rings. The van der Waals surface area contributed by atoms with Gasteiger partial charge in [0, 0.05) is 42.8 Å². The fourth-order valence-corrected chi connectivity index (χ4v) is 3.71. The number of nitrogens with zero attached hydrogens (tertiary/aromatic N) is 4. The Morgan fingerprint density at radius 1 is 1.10 bits per heavy atom. The van der Waals surface area contributed by atoms with Gasteiger partial charge in [-0.25, -0.2) is 4.98 Å². The number of aromatic nitrogens is 3. The van der Waals surface area contributed by atoms with Gasteiger partial charge in [-0.15, -0.1) is 0 Å². The van der Waals surface area contributed by atoms with E-state index in [-0.39, 0.29) is 18.4 Å². The molecule has 0 bridgehead atoms. The zero-order valence-corrected chi connectivity index (χ0v) is 16.0. The number of fused-ring (bicyclic) bond motifs is 1. The van der Waals surface area contributed by atoms with Crippen LogP contribution in [-0.2, 0) is 12.7 Å². The predicted molar refractivity (Wildman–Crippen MR) is 104 cm³/mol. The quantitative estimate of drug-likeness (QED) is 0.657. The van der Waals surface area contributed by atoms with Gasteiger partial charge in [0.1, 0.15) is 0 Å². The molecule has 30 heavy (non-hydrogen) atoms. The molecule has 0 atom stereocenters. The molecule has 2 aromatic heterocycles. The van der Waals surface area contributed by atoms with E-state index >= 15 is 0 Å². The number of amides is 1. The van der Waals surface area contributed by atoms with Gasteiger partial charge < -0.3 is 4.90 Å². The van der Waals surface area contributed by atoms with Crippen LogP contribution in [0.1, 0.15) is 28.9 Å². The minimum atomic E-state index is -4.64. The van der Waals surface area contributed by atoms with E-state index in [2.05, 4.69) is 9.97 Å². The molecule has 3 heterocycles. The van der Waals surface area contributed by atoms with E-state index in [1.807, 2.05) is 24.3 Å². The first-order chi connectivity index (χ1) is 14.3. The van der Waals surface area contributed by atoms with Gasteiger partial charge in [0.2, 0.25) is 0 Å². The van der Waals surface area contributed by atoms with Crippen molar-refractivity contribution in [2.75, 3.05) is 13.1 Å². The summed E-state index contributed by atoms with van der Waals surface area (Å²) in [6, 6.07) is 9.65. The molecule has 1 saturated heterocycles. The summed E-state index contributed by atoms with van der Waals surface area (Å²) in [5.74, 6) is 0.0265. The Morgan fingerprint density at radius 3 is 2.57 bits per heavy atom. The second kappa shape index (κ2) is 7.89. The van der Waals surface area contributed by atoms with Gasteiger partial charge in [0.15, 0.2) is 5.69 Å². The van der Waals surface area contributed by atoms with Crippen molar-refractivity contribution in [3.63, 3.8) is 0 Å². The lowest BCUT2D eigenvalue weighted by atomic mass is 9.96. The van der Waals surface area contributed by atoms with Crippen molar-refractivity contribution in [1.29, 1.82) is 0 Å². The number of alkyl halides is 3. The van der Waals surface area contributed by atoms with Crippen LogP contribution in [0.15, 0.2) is 53.7 Å². The van der Waals surface area contributed by atoms with Crippen molar-refractivity contribution in [3.05, 3.63) is 70.5 Å². The Hall–Kier alpha value is -3.23. The molecule has 9 heteroatoms. The molecule has 1 aliphatic heterocycles. The molecule has 0 spiro atoms. The topological polar surface area (TPSA) is 68.1 Å². The van der Waals surface area contributed by atoms with Crippen molar-refractivity contribution < 1.29 is 18.0 Å². The van der Waals surface area contributed by atoms with Crippen LogP contribution in [-0.4, -0.2) is 38.4 Å². The van der Waals surface area contributed by atoms with Crippen LogP contribution in [0.3, 0.4) is 0 Å². The molecule has 3 aromatic rings. The second-order valence-electron chi connectivity index (χ2n) is 7.41. The molecule has 0 aliphatic carbocycles. The fraction of sp³-hybridized carbons (Fsp3) is 0.333. The maximum atomic E-state index is 12.8. The van der Waals surface area contributed by atoms with Crippen molar-refractivity contribution in [2.24, 2.45) is 5.92 Å². The minimum absolute atomic E-state index is 0.0624. The van der Waals surface area contributed by atoms with Crippen LogP contribution < -0.4 is 5.56 Å². The Balaban J connectivity index is 1.39. The SMILES string of the molecule is O=C(c1ccc2ncccc2c1)N1CCC(Cn2cnc(C(F)(F)F)cc2=O)CC1. The van der Waals surface area contributed by atoms with E-state index in [0.717, 1.165) is 17.2 Å². The molecule has 0 unspecified atom stereocenters. The van der Waals surface area contributed by atoms with E-state index in [0.29, 0.717) is 37.6 Å². The smallest absolute Gasteiger partial charge is 0.339 e. The third-order valence-corrected chi connectivity index (χ3v) is 5.38. The maximum Gasteiger partial charge on any atom is 0.433 e. The van der Waals surface area contributed by atoms with E-state index in [4.69, 9.17) is 0 Å². The van der Waals surface area contributed by atoms with Crippen LogP contribution in [0.2, 0.25) is 0 Å². The predicted octanol–water partition coefficient (Wildman–Crippen LogP) is 3.36. The van der Waals surface area contributed by atoms with Gasteiger partial charge in [0.05, 0.1) is 11.8 Å².